The molecule has 0 atom stereocenters. The van der Waals surface area contributed by atoms with Gasteiger partial charge in [0.1, 0.15) is 17.0 Å². The Morgan fingerprint density at radius 2 is 1.08 bits per heavy atom. The van der Waals surface area contributed by atoms with Crippen molar-refractivity contribution in [3.05, 3.63) is 206 Å². The Hall–Kier alpha value is -7.47. The fraction of sp³-hybridized carbons (Fsp3) is 0. The Bertz CT molecular complexity index is 3580. The van der Waals surface area contributed by atoms with Gasteiger partial charge in [0.05, 0.1) is 11.0 Å². The number of aromatic nitrogens is 1. The van der Waals surface area contributed by atoms with Crippen molar-refractivity contribution in [2.75, 3.05) is 4.90 Å². The van der Waals surface area contributed by atoms with Gasteiger partial charge in [-0.2, -0.15) is 0 Å². The average molecular weight is 777 g/mol. The second-order valence-corrected chi connectivity index (χ2v) is 16.1. The van der Waals surface area contributed by atoms with Gasteiger partial charge in [0.25, 0.3) is 0 Å². The summed E-state index contributed by atoms with van der Waals surface area (Å²) in [5.74, 6) is -0.248. The standard InChI is InChI=1S/C54H33FN2OS/c55-37-23-29-44-43-11-1-4-16-49(43)57(50(44)32-37)40-10-7-9-36(31-40)34-19-24-38(25-20-34)56(41-28-30-53-48(33-41)46-13-3-6-18-52(46)59-53)39-26-21-35(22-27-39)42-14-8-15-47-45-12-2-5-17-51(45)58-54(42)47/h1-33H. The van der Waals surface area contributed by atoms with Crippen molar-refractivity contribution in [1.82, 2.24) is 4.57 Å². The van der Waals surface area contributed by atoms with Crippen LogP contribution in [0.3, 0.4) is 0 Å². The highest BCUT2D eigenvalue weighted by Crippen LogP contribution is 2.43. The molecule has 0 unspecified atom stereocenters. The van der Waals surface area contributed by atoms with E-state index in [-0.39, 0.29) is 5.82 Å². The van der Waals surface area contributed by atoms with Gasteiger partial charge < -0.3 is 13.9 Å². The minimum absolute atomic E-state index is 0.248. The summed E-state index contributed by atoms with van der Waals surface area (Å²) in [4.78, 5) is 2.34. The summed E-state index contributed by atoms with van der Waals surface area (Å²) in [5.41, 5.74) is 12.2. The molecule has 0 fully saturated rings. The molecule has 3 nitrogen and oxygen atoms in total. The molecule has 0 N–H and O–H groups in total. The van der Waals surface area contributed by atoms with Gasteiger partial charge in [-0.25, -0.2) is 4.39 Å². The lowest BCUT2D eigenvalue weighted by molar-refractivity contribution is 0.629. The van der Waals surface area contributed by atoms with E-state index in [4.69, 9.17) is 4.42 Å². The molecule has 12 aromatic rings. The highest BCUT2D eigenvalue weighted by atomic mass is 32.1. The molecule has 59 heavy (non-hydrogen) atoms. The Morgan fingerprint density at radius 1 is 0.424 bits per heavy atom. The zero-order valence-electron chi connectivity index (χ0n) is 31.6. The van der Waals surface area contributed by atoms with Crippen LogP contribution in [0.25, 0.3) is 91.9 Å². The molecule has 0 aliphatic heterocycles. The van der Waals surface area contributed by atoms with Crippen LogP contribution in [0.4, 0.5) is 21.5 Å². The van der Waals surface area contributed by atoms with Crippen LogP contribution in [-0.2, 0) is 0 Å². The Morgan fingerprint density at radius 3 is 1.93 bits per heavy atom. The zero-order valence-corrected chi connectivity index (χ0v) is 32.5. The molecule has 0 bridgehead atoms. The molecule has 0 aliphatic rings. The van der Waals surface area contributed by atoms with Crippen LogP contribution in [0.15, 0.2) is 205 Å². The third-order valence-corrected chi connectivity index (χ3v) is 12.8. The van der Waals surface area contributed by atoms with Crippen molar-refractivity contribution in [3.63, 3.8) is 0 Å². The van der Waals surface area contributed by atoms with E-state index in [1.165, 1.54) is 26.2 Å². The van der Waals surface area contributed by atoms with Crippen molar-refractivity contribution >= 4 is 92.3 Å². The first kappa shape index (κ1) is 33.6. The first-order chi connectivity index (χ1) is 29.1. The third kappa shape index (κ3) is 5.47. The van der Waals surface area contributed by atoms with E-state index < -0.39 is 0 Å². The predicted octanol–water partition coefficient (Wildman–Crippen LogP) is 16.0. The summed E-state index contributed by atoms with van der Waals surface area (Å²) in [6.07, 6.45) is 0. The van der Waals surface area contributed by atoms with Crippen LogP contribution in [0.2, 0.25) is 0 Å². The van der Waals surface area contributed by atoms with E-state index in [9.17, 15) is 4.39 Å². The largest absolute Gasteiger partial charge is 0.455 e. The van der Waals surface area contributed by atoms with Gasteiger partial charge in [-0.1, -0.05) is 109 Å². The van der Waals surface area contributed by atoms with Crippen molar-refractivity contribution < 1.29 is 8.81 Å². The predicted molar refractivity (Wildman–Crippen MR) is 246 cm³/mol. The lowest BCUT2D eigenvalue weighted by atomic mass is 10.0. The van der Waals surface area contributed by atoms with E-state index in [0.29, 0.717) is 0 Å². The summed E-state index contributed by atoms with van der Waals surface area (Å²) >= 11 is 1.83. The molecule has 278 valence electrons. The van der Waals surface area contributed by atoms with Gasteiger partial charge in [-0.05, 0) is 108 Å². The smallest absolute Gasteiger partial charge is 0.143 e. The number of hydrogen-bond donors (Lipinski definition) is 0. The van der Waals surface area contributed by atoms with E-state index in [2.05, 4.69) is 167 Å². The molecule has 0 aliphatic carbocycles. The first-order valence-electron chi connectivity index (χ1n) is 19.8. The summed E-state index contributed by atoms with van der Waals surface area (Å²) in [5, 5.41) is 6.90. The Labute approximate surface area is 343 Å². The van der Waals surface area contributed by atoms with Gasteiger partial charge in [-0.3, -0.25) is 0 Å². The summed E-state index contributed by atoms with van der Waals surface area (Å²) in [7, 11) is 0. The molecule has 9 aromatic carbocycles. The fourth-order valence-corrected chi connectivity index (χ4v) is 10.0. The second kappa shape index (κ2) is 13.3. The second-order valence-electron chi connectivity index (χ2n) is 15.1. The number of benzene rings is 9. The number of rotatable bonds is 6. The van der Waals surface area contributed by atoms with E-state index in [1.54, 1.807) is 6.07 Å². The Kier molecular flexibility index (Phi) is 7.59. The monoisotopic (exact) mass is 776 g/mol. The molecular formula is C54H33FN2OS. The van der Waals surface area contributed by atoms with E-state index in [0.717, 1.165) is 88.7 Å². The number of furan rings is 1. The van der Waals surface area contributed by atoms with Crippen molar-refractivity contribution in [2.24, 2.45) is 0 Å². The fourth-order valence-electron chi connectivity index (χ4n) is 8.91. The summed E-state index contributed by atoms with van der Waals surface area (Å²) in [6, 6.07) is 69.5. The molecule has 5 heteroatoms. The molecule has 0 saturated heterocycles. The van der Waals surface area contributed by atoms with E-state index in [1.807, 2.05) is 41.7 Å². The summed E-state index contributed by atoms with van der Waals surface area (Å²) < 4.78 is 25.8. The maximum absolute atomic E-state index is 14.7. The molecule has 0 saturated carbocycles. The van der Waals surface area contributed by atoms with Gasteiger partial charge in [0, 0.05) is 70.0 Å². The highest BCUT2D eigenvalue weighted by molar-refractivity contribution is 7.25. The highest BCUT2D eigenvalue weighted by Gasteiger charge is 2.18. The van der Waals surface area contributed by atoms with E-state index >= 15 is 0 Å². The maximum atomic E-state index is 14.7. The van der Waals surface area contributed by atoms with Crippen LogP contribution >= 0.6 is 11.3 Å². The quantitative estimate of drug-likeness (QED) is 0.168. The number of fused-ring (bicyclic) bond motifs is 9. The van der Waals surface area contributed by atoms with Crippen LogP contribution in [-0.4, -0.2) is 4.57 Å². The molecular weight excluding hydrogens is 744 g/mol. The number of para-hydroxylation sites is 3. The molecule has 0 spiro atoms. The van der Waals surface area contributed by atoms with Crippen molar-refractivity contribution in [1.29, 1.82) is 0 Å². The molecule has 3 heterocycles. The van der Waals surface area contributed by atoms with Crippen LogP contribution in [0.1, 0.15) is 0 Å². The third-order valence-electron chi connectivity index (χ3n) is 11.7. The van der Waals surface area contributed by atoms with Gasteiger partial charge in [0.15, 0.2) is 0 Å². The zero-order chi connectivity index (χ0) is 39.0. The topological polar surface area (TPSA) is 21.3 Å². The van der Waals surface area contributed by atoms with Gasteiger partial charge in [-0.15, -0.1) is 11.3 Å². The molecule has 0 amide bonds. The minimum Gasteiger partial charge on any atom is -0.455 e. The first-order valence-corrected chi connectivity index (χ1v) is 20.6. The average Bonchev–Trinajstić information content (AvgIpc) is 3.96. The SMILES string of the molecule is Fc1ccc2c3ccccc3n(-c3cccc(-c4ccc(N(c5ccc(-c6cccc7c6oc6ccccc67)cc5)c5ccc6sc7ccccc7c6c5)cc4)c3)c2c1. The Balaban J connectivity index is 0.958. The van der Waals surface area contributed by atoms with Gasteiger partial charge in [0.2, 0.25) is 0 Å². The summed E-state index contributed by atoms with van der Waals surface area (Å²) in [6.45, 7) is 0. The molecule has 12 rings (SSSR count). The number of halogens is 1. The molecule has 3 aromatic heterocycles. The number of hydrogen-bond acceptors (Lipinski definition) is 3. The molecule has 0 radical (unpaired) electrons. The van der Waals surface area contributed by atoms with Crippen molar-refractivity contribution in [2.45, 2.75) is 0 Å². The maximum Gasteiger partial charge on any atom is 0.143 e. The minimum atomic E-state index is -0.248. The van der Waals surface area contributed by atoms with Crippen LogP contribution in [0.5, 0.6) is 0 Å². The lowest BCUT2D eigenvalue weighted by Gasteiger charge is -2.26. The lowest BCUT2D eigenvalue weighted by Crippen LogP contribution is -2.09. The van der Waals surface area contributed by atoms with Crippen LogP contribution in [0, 0.1) is 5.82 Å². The van der Waals surface area contributed by atoms with Crippen molar-refractivity contribution in [3.8, 4) is 27.9 Å². The van der Waals surface area contributed by atoms with Gasteiger partial charge >= 0.3 is 0 Å². The number of thiophene rings is 1. The van der Waals surface area contributed by atoms with Crippen LogP contribution < -0.4 is 4.90 Å². The normalized spacial score (nSPS) is 11.8. The number of nitrogens with zero attached hydrogens (tertiary/aromatic N) is 2. The number of anilines is 3.